The van der Waals surface area contributed by atoms with Crippen LogP contribution in [-0.2, 0) is 0 Å². The van der Waals surface area contributed by atoms with Gasteiger partial charge in [0.25, 0.3) is 0 Å². The van der Waals surface area contributed by atoms with Crippen LogP contribution in [0.15, 0.2) is 66.4 Å². The lowest BCUT2D eigenvalue weighted by atomic mass is 10.2. The number of amidine groups is 1. The second-order valence-electron chi connectivity index (χ2n) is 5.02. The highest BCUT2D eigenvalue weighted by Crippen LogP contribution is 2.17. The Bertz CT molecular complexity index is 717. The number of hydrogen-bond acceptors (Lipinski definition) is 5. The minimum atomic E-state index is 0.462. The molecule has 0 saturated carbocycles. The fraction of sp³-hybridized carbons (Fsp3) is 0.211. The zero-order valence-corrected chi connectivity index (χ0v) is 15.0. The second-order valence-corrected chi connectivity index (χ2v) is 5.02. The molecule has 2 N–H and O–H groups in total. The zero-order chi connectivity index (χ0) is 18.7. The molecule has 1 aromatic heterocycles. The third kappa shape index (κ3) is 7.78. The molecule has 0 spiro atoms. The lowest BCUT2D eigenvalue weighted by Crippen LogP contribution is -2.33. The van der Waals surface area contributed by atoms with Crippen molar-refractivity contribution in [3.8, 4) is 5.88 Å². The summed E-state index contributed by atoms with van der Waals surface area (Å²) in [4.78, 5) is 13.2. The molecule has 1 aromatic rings. The summed E-state index contributed by atoms with van der Waals surface area (Å²) in [7, 11) is 0. The van der Waals surface area contributed by atoms with E-state index in [1.807, 2.05) is 32.9 Å². The molecule has 6 nitrogen and oxygen atoms in total. The first-order valence-corrected chi connectivity index (χ1v) is 7.86. The van der Waals surface area contributed by atoms with Gasteiger partial charge in [-0.05, 0) is 32.4 Å². The predicted molar refractivity (Wildman–Crippen MR) is 105 cm³/mol. The van der Waals surface area contributed by atoms with Gasteiger partial charge in [-0.2, -0.15) is 4.98 Å². The van der Waals surface area contributed by atoms with Crippen LogP contribution in [0, 0.1) is 0 Å². The highest BCUT2D eigenvalue weighted by atomic mass is 16.5. The number of aliphatic imine (C=N–C) groups is 1. The minimum Gasteiger partial charge on any atom is -0.478 e. The standard InChI is InChI=1S/C19H25N5O/c1-7-10-16(8-2)11-12-17-21-18(13-19(22-17)25-9-3)20-15(6)24-23-14(4)5/h7-8,10-13,23H,1-2,4,9H2,3,5-6H3,(H,20,21,22,24)/b12-11+,16-10+. The fourth-order valence-electron chi connectivity index (χ4n) is 1.68. The molecule has 1 heterocycles. The van der Waals surface area contributed by atoms with Gasteiger partial charge in [-0.3, -0.25) is 5.43 Å². The molecule has 1 rings (SSSR count). The number of hydrazine groups is 1. The van der Waals surface area contributed by atoms with Crippen molar-refractivity contribution in [1.82, 2.24) is 20.8 Å². The predicted octanol–water partition coefficient (Wildman–Crippen LogP) is 3.86. The van der Waals surface area contributed by atoms with Crippen LogP contribution in [0.5, 0.6) is 5.88 Å². The van der Waals surface area contributed by atoms with Crippen molar-refractivity contribution in [2.24, 2.45) is 4.99 Å². The summed E-state index contributed by atoms with van der Waals surface area (Å²) in [5, 5.41) is 0. The first kappa shape index (κ1) is 19.9. The molecule has 0 aromatic carbocycles. The number of aromatic nitrogens is 2. The molecule has 0 saturated heterocycles. The van der Waals surface area contributed by atoms with Gasteiger partial charge < -0.3 is 10.2 Å². The molecule has 25 heavy (non-hydrogen) atoms. The molecule has 6 heteroatoms. The van der Waals surface area contributed by atoms with Gasteiger partial charge in [0.2, 0.25) is 5.88 Å². The maximum atomic E-state index is 5.49. The molecule has 0 unspecified atom stereocenters. The highest BCUT2D eigenvalue weighted by Gasteiger charge is 2.04. The Morgan fingerprint density at radius 2 is 2.04 bits per heavy atom. The number of allylic oxidation sites excluding steroid dienone is 6. The maximum Gasteiger partial charge on any atom is 0.219 e. The van der Waals surface area contributed by atoms with Crippen LogP contribution in [0.1, 0.15) is 26.6 Å². The van der Waals surface area contributed by atoms with Crippen LogP contribution in [0.25, 0.3) is 6.08 Å². The third-order valence-electron chi connectivity index (χ3n) is 2.71. The van der Waals surface area contributed by atoms with Gasteiger partial charge in [-0.1, -0.05) is 44.0 Å². The Morgan fingerprint density at radius 3 is 2.64 bits per heavy atom. The number of ether oxygens (including phenoxy) is 1. The Morgan fingerprint density at radius 1 is 1.28 bits per heavy atom. The molecule has 0 aliphatic heterocycles. The summed E-state index contributed by atoms with van der Waals surface area (Å²) in [6.07, 6.45) is 8.87. The number of nitrogens with zero attached hydrogens (tertiary/aromatic N) is 3. The van der Waals surface area contributed by atoms with E-state index in [0.717, 1.165) is 11.3 Å². The van der Waals surface area contributed by atoms with Crippen molar-refractivity contribution in [2.75, 3.05) is 6.61 Å². The van der Waals surface area contributed by atoms with E-state index in [2.05, 4.69) is 45.5 Å². The molecule has 0 radical (unpaired) electrons. The van der Waals surface area contributed by atoms with Crippen LogP contribution < -0.4 is 15.6 Å². The lowest BCUT2D eigenvalue weighted by molar-refractivity contribution is 0.326. The van der Waals surface area contributed by atoms with E-state index in [-0.39, 0.29) is 0 Å². The lowest BCUT2D eigenvalue weighted by Gasteiger charge is -2.08. The molecule has 0 aliphatic carbocycles. The average molecular weight is 339 g/mol. The number of hydrogen-bond donors (Lipinski definition) is 2. The van der Waals surface area contributed by atoms with E-state index in [0.29, 0.717) is 30.0 Å². The van der Waals surface area contributed by atoms with Crippen LogP contribution in [0.2, 0.25) is 0 Å². The smallest absolute Gasteiger partial charge is 0.219 e. The summed E-state index contributed by atoms with van der Waals surface area (Å²) < 4.78 is 5.49. The molecule has 0 aliphatic rings. The molecule has 0 amide bonds. The van der Waals surface area contributed by atoms with Crippen molar-refractivity contribution in [2.45, 2.75) is 20.8 Å². The third-order valence-corrected chi connectivity index (χ3v) is 2.71. The van der Waals surface area contributed by atoms with Crippen molar-refractivity contribution in [3.05, 3.63) is 67.2 Å². The van der Waals surface area contributed by atoms with Gasteiger partial charge in [0.1, 0.15) is 5.84 Å². The van der Waals surface area contributed by atoms with E-state index >= 15 is 0 Å². The summed E-state index contributed by atoms with van der Waals surface area (Å²) in [5.41, 5.74) is 7.49. The van der Waals surface area contributed by atoms with Gasteiger partial charge >= 0.3 is 0 Å². The van der Waals surface area contributed by atoms with Gasteiger partial charge in [0, 0.05) is 11.8 Å². The summed E-state index contributed by atoms with van der Waals surface area (Å²) >= 11 is 0. The van der Waals surface area contributed by atoms with Crippen molar-refractivity contribution < 1.29 is 4.74 Å². The fourth-order valence-corrected chi connectivity index (χ4v) is 1.68. The monoisotopic (exact) mass is 339 g/mol. The van der Waals surface area contributed by atoms with Crippen LogP contribution in [0.4, 0.5) is 5.82 Å². The first-order chi connectivity index (χ1) is 12.0. The average Bonchev–Trinajstić information content (AvgIpc) is 2.57. The first-order valence-electron chi connectivity index (χ1n) is 7.86. The van der Waals surface area contributed by atoms with Crippen LogP contribution in [0.3, 0.4) is 0 Å². The van der Waals surface area contributed by atoms with Gasteiger partial charge in [-0.15, -0.1) is 0 Å². The number of nitrogens with one attached hydrogen (secondary N) is 2. The molecular weight excluding hydrogens is 314 g/mol. The van der Waals surface area contributed by atoms with E-state index in [9.17, 15) is 0 Å². The van der Waals surface area contributed by atoms with Crippen LogP contribution >= 0.6 is 0 Å². The Balaban J connectivity index is 3.12. The Hall–Kier alpha value is -3.15. The molecule has 0 fully saturated rings. The summed E-state index contributed by atoms with van der Waals surface area (Å²) in [5.74, 6) is 2.07. The highest BCUT2D eigenvalue weighted by molar-refractivity contribution is 5.81. The minimum absolute atomic E-state index is 0.462. The van der Waals surface area contributed by atoms with Crippen molar-refractivity contribution >= 4 is 17.7 Å². The largest absolute Gasteiger partial charge is 0.478 e. The summed E-state index contributed by atoms with van der Waals surface area (Å²) in [6.45, 7) is 17.2. The van der Waals surface area contributed by atoms with Crippen molar-refractivity contribution in [3.63, 3.8) is 0 Å². The molecule has 0 bridgehead atoms. The second kappa shape index (κ2) is 10.6. The Kier molecular flexibility index (Phi) is 8.43. The quantitative estimate of drug-likeness (QED) is 0.309. The molecule has 0 atom stereocenters. The zero-order valence-electron chi connectivity index (χ0n) is 15.0. The number of rotatable bonds is 9. The normalized spacial score (nSPS) is 12.0. The maximum absolute atomic E-state index is 5.49. The summed E-state index contributed by atoms with van der Waals surface area (Å²) in [6, 6.07) is 1.68. The van der Waals surface area contributed by atoms with E-state index < -0.39 is 0 Å². The van der Waals surface area contributed by atoms with Gasteiger partial charge in [-0.25, -0.2) is 9.98 Å². The van der Waals surface area contributed by atoms with E-state index in [1.165, 1.54) is 0 Å². The Labute approximate surface area is 149 Å². The van der Waals surface area contributed by atoms with Gasteiger partial charge in [0.05, 0.1) is 6.61 Å². The molecule has 132 valence electrons. The molecular formula is C19H25N5O. The van der Waals surface area contributed by atoms with Crippen molar-refractivity contribution in [1.29, 1.82) is 0 Å². The SMILES string of the molecule is C=C/C=C(C=C)/C=C/c1nc(/N=C(\C)NNC(=C)C)cc(OCC)n1. The van der Waals surface area contributed by atoms with Gasteiger partial charge in [0.15, 0.2) is 11.6 Å². The van der Waals surface area contributed by atoms with E-state index in [4.69, 9.17) is 4.74 Å². The van der Waals surface area contributed by atoms with Crippen LogP contribution in [-0.4, -0.2) is 22.4 Å². The van der Waals surface area contributed by atoms with E-state index in [1.54, 1.807) is 24.3 Å². The topological polar surface area (TPSA) is 71.4 Å².